The summed E-state index contributed by atoms with van der Waals surface area (Å²) in [5, 5.41) is 23.6. The zero-order chi connectivity index (χ0) is 42.4. The minimum Gasteiger partial charge on any atom is -0.462 e. The Morgan fingerprint density at radius 2 is 1.02 bits per heavy atom. The van der Waals surface area contributed by atoms with Gasteiger partial charge in [0.25, 0.3) is 0 Å². The Balaban J connectivity index is 4.79. The van der Waals surface area contributed by atoms with Crippen LogP contribution in [0, 0.1) is 0 Å². The monoisotopic (exact) mass is 804 g/mol. The number of esters is 1. The first-order valence-electron chi connectivity index (χ1n) is 23.2. The van der Waals surface area contributed by atoms with E-state index in [-0.39, 0.29) is 24.9 Å². The van der Waals surface area contributed by atoms with Gasteiger partial charge in [-0.1, -0.05) is 194 Å². The van der Waals surface area contributed by atoms with E-state index < -0.39 is 18.2 Å². The molecule has 0 aromatic heterocycles. The van der Waals surface area contributed by atoms with Crippen LogP contribution in [0.1, 0.15) is 181 Å². The number of aliphatic hydroxyl groups is 2. The number of ether oxygens (including phenoxy) is 1. The minimum atomic E-state index is -0.813. The molecule has 3 unspecified atom stereocenters. The minimum absolute atomic E-state index is 0.0213. The third kappa shape index (κ3) is 39.4. The van der Waals surface area contributed by atoms with E-state index in [2.05, 4.69) is 105 Å². The Bertz CT molecular complexity index is 1220. The van der Waals surface area contributed by atoms with Gasteiger partial charge in [-0.2, -0.15) is 0 Å². The second-order valence-corrected chi connectivity index (χ2v) is 15.1. The maximum Gasteiger partial charge on any atom is 0.306 e. The van der Waals surface area contributed by atoms with Crippen LogP contribution in [-0.4, -0.2) is 46.9 Å². The lowest BCUT2D eigenvalue weighted by atomic mass is 10.0. The van der Waals surface area contributed by atoms with Gasteiger partial charge in [-0.25, -0.2) is 0 Å². The average Bonchev–Trinajstić information content (AvgIpc) is 3.22. The average molecular weight is 804 g/mol. The molecule has 58 heavy (non-hydrogen) atoms. The van der Waals surface area contributed by atoms with Crippen molar-refractivity contribution in [2.24, 2.45) is 0 Å². The molecule has 1 amide bonds. The second kappa shape index (κ2) is 44.6. The van der Waals surface area contributed by atoms with Crippen LogP contribution >= 0.6 is 0 Å². The maximum absolute atomic E-state index is 13.1. The fraction of sp³-hybridized carbons (Fsp3) is 0.615. The number of unbranched alkanes of at least 4 members (excludes halogenated alkanes) is 12. The summed E-state index contributed by atoms with van der Waals surface area (Å²) >= 11 is 0. The van der Waals surface area contributed by atoms with Crippen LogP contribution in [0.3, 0.4) is 0 Å². The molecule has 3 atom stereocenters. The molecule has 0 aliphatic carbocycles. The molecule has 0 bridgehead atoms. The molecule has 0 saturated heterocycles. The summed E-state index contributed by atoms with van der Waals surface area (Å²) < 4.78 is 5.86. The molecule has 328 valence electrons. The van der Waals surface area contributed by atoms with E-state index in [0.717, 1.165) is 89.9 Å². The zero-order valence-corrected chi connectivity index (χ0v) is 37.1. The molecule has 6 nitrogen and oxygen atoms in total. The number of carbonyl (C=O) groups excluding carboxylic acids is 2. The zero-order valence-electron chi connectivity index (χ0n) is 37.1. The number of aliphatic hydroxyl groups excluding tert-OH is 2. The summed E-state index contributed by atoms with van der Waals surface area (Å²) in [6, 6.07) is -0.731. The molecule has 0 spiro atoms. The maximum atomic E-state index is 13.1. The molecule has 0 fully saturated rings. The lowest BCUT2D eigenvalue weighted by Crippen LogP contribution is -2.46. The van der Waals surface area contributed by atoms with Gasteiger partial charge in [0.2, 0.25) is 5.91 Å². The highest BCUT2D eigenvalue weighted by Gasteiger charge is 2.24. The van der Waals surface area contributed by atoms with Gasteiger partial charge >= 0.3 is 5.97 Å². The van der Waals surface area contributed by atoms with Crippen molar-refractivity contribution in [2.75, 3.05) is 6.61 Å². The van der Waals surface area contributed by atoms with Crippen LogP contribution < -0.4 is 5.32 Å². The largest absolute Gasteiger partial charge is 0.462 e. The first kappa shape index (κ1) is 54.5. The molecule has 0 rings (SSSR count). The highest BCUT2D eigenvalue weighted by Crippen LogP contribution is 2.16. The third-order valence-corrected chi connectivity index (χ3v) is 9.69. The first-order valence-corrected chi connectivity index (χ1v) is 23.2. The van der Waals surface area contributed by atoms with Crippen molar-refractivity contribution < 1.29 is 24.5 Å². The standard InChI is InChI=1S/C52H85NO5/c1-4-7-10-13-16-19-21-23-24-25-26-28-30-33-36-39-42-45-52(57)58-48(43-40-37-34-32-29-27-22-20-17-14-11-8-5-2)46-51(56)53-49(47-54)50(55)44-41-38-35-31-18-15-12-9-6-3/h7-8,10-11,14,16-17,19-20,22-24,26-29,33,36,48-50,54-55H,4-6,9,12-13,15,18,21,25,30-32,34-35,37-47H2,1-3H3,(H,53,56)/b10-7-,11-8+,17-14+,19-16-,22-20+,24-23-,28-26-,29-27-,36-33-. The van der Waals surface area contributed by atoms with Crippen molar-refractivity contribution in [3.05, 3.63) is 109 Å². The van der Waals surface area contributed by atoms with Gasteiger partial charge in [-0.3, -0.25) is 9.59 Å². The van der Waals surface area contributed by atoms with Crippen LogP contribution in [0.4, 0.5) is 0 Å². The van der Waals surface area contributed by atoms with Crippen LogP contribution in [0.5, 0.6) is 0 Å². The summed E-state index contributed by atoms with van der Waals surface area (Å²) in [6.45, 7) is 6.16. The summed E-state index contributed by atoms with van der Waals surface area (Å²) in [5.41, 5.74) is 0. The molecule has 6 heteroatoms. The quantitative estimate of drug-likeness (QED) is 0.0249. The lowest BCUT2D eigenvalue weighted by Gasteiger charge is -2.24. The molecule has 0 heterocycles. The lowest BCUT2D eigenvalue weighted by molar-refractivity contribution is -0.151. The van der Waals surface area contributed by atoms with E-state index >= 15 is 0 Å². The molecule has 0 aliphatic rings. The van der Waals surface area contributed by atoms with E-state index in [1.165, 1.54) is 38.5 Å². The summed E-state index contributed by atoms with van der Waals surface area (Å²) in [6.07, 6.45) is 60.1. The number of carbonyl (C=O) groups is 2. The normalized spacial score (nSPS) is 14.4. The third-order valence-electron chi connectivity index (χ3n) is 9.69. The van der Waals surface area contributed by atoms with Crippen LogP contribution in [0.2, 0.25) is 0 Å². The Morgan fingerprint density at radius 1 is 0.534 bits per heavy atom. The Hall–Kier alpha value is -3.48. The highest BCUT2D eigenvalue weighted by atomic mass is 16.5. The van der Waals surface area contributed by atoms with E-state index in [4.69, 9.17) is 4.74 Å². The van der Waals surface area contributed by atoms with Gasteiger partial charge in [0.1, 0.15) is 6.10 Å². The Kier molecular flexibility index (Phi) is 41.9. The highest BCUT2D eigenvalue weighted by molar-refractivity contribution is 5.77. The number of nitrogens with one attached hydrogen (secondary N) is 1. The number of rotatable bonds is 39. The van der Waals surface area contributed by atoms with E-state index in [0.29, 0.717) is 25.7 Å². The molecular formula is C52H85NO5. The smallest absolute Gasteiger partial charge is 0.306 e. The van der Waals surface area contributed by atoms with Crippen molar-refractivity contribution in [1.29, 1.82) is 0 Å². The molecule has 0 aromatic carbocycles. The van der Waals surface area contributed by atoms with Crippen molar-refractivity contribution in [3.63, 3.8) is 0 Å². The van der Waals surface area contributed by atoms with E-state index in [9.17, 15) is 19.8 Å². The molecular weight excluding hydrogens is 719 g/mol. The van der Waals surface area contributed by atoms with Crippen molar-refractivity contribution in [2.45, 2.75) is 200 Å². The molecule has 0 aromatic rings. The predicted octanol–water partition coefficient (Wildman–Crippen LogP) is 13.6. The molecule has 0 radical (unpaired) electrons. The predicted molar refractivity (Wildman–Crippen MR) is 250 cm³/mol. The number of amides is 1. The fourth-order valence-electron chi connectivity index (χ4n) is 6.24. The Morgan fingerprint density at radius 3 is 1.60 bits per heavy atom. The van der Waals surface area contributed by atoms with Crippen LogP contribution in [0.15, 0.2) is 109 Å². The topological polar surface area (TPSA) is 95.9 Å². The van der Waals surface area contributed by atoms with Gasteiger partial charge in [-0.05, 0) is 83.5 Å². The van der Waals surface area contributed by atoms with E-state index in [1.54, 1.807) is 0 Å². The number of hydrogen-bond acceptors (Lipinski definition) is 5. The SMILES string of the molecule is CC/C=C\C/C=C\C/C=C\C/C=C\C/C=C\CCCC(=O)OC(CCCCC\C=C/C=C/C=C/C=C/CC)CC(=O)NC(CO)C(O)CCCCCCCCCCC. The van der Waals surface area contributed by atoms with Gasteiger partial charge in [0, 0.05) is 6.42 Å². The van der Waals surface area contributed by atoms with E-state index in [1.807, 2.05) is 30.4 Å². The first-order chi connectivity index (χ1) is 28.5. The van der Waals surface area contributed by atoms with Gasteiger partial charge in [0.05, 0.1) is 25.2 Å². The molecule has 0 aliphatic heterocycles. The van der Waals surface area contributed by atoms with Gasteiger partial charge in [0.15, 0.2) is 0 Å². The van der Waals surface area contributed by atoms with Crippen molar-refractivity contribution in [1.82, 2.24) is 5.32 Å². The summed E-state index contributed by atoms with van der Waals surface area (Å²) in [4.78, 5) is 26.0. The van der Waals surface area contributed by atoms with Crippen LogP contribution in [0.25, 0.3) is 0 Å². The van der Waals surface area contributed by atoms with Gasteiger partial charge < -0.3 is 20.3 Å². The number of hydrogen-bond donors (Lipinski definition) is 3. The summed E-state index contributed by atoms with van der Waals surface area (Å²) in [5.74, 6) is -0.598. The van der Waals surface area contributed by atoms with Gasteiger partial charge in [-0.15, -0.1) is 0 Å². The summed E-state index contributed by atoms with van der Waals surface area (Å²) in [7, 11) is 0. The molecule has 0 saturated carbocycles. The second-order valence-electron chi connectivity index (χ2n) is 15.1. The fourth-order valence-corrected chi connectivity index (χ4v) is 6.24. The van der Waals surface area contributed by atoms with Crippen molar-refractivity contribution in [3.8, 4) is 0 Å². The molecule has 3 N–H and O–H groups in total. The van der Waals surface area contributed by atoms with Crippen LogP contribution in [-0.2, 0) is 14.3 Å². The Labute approximate surface area is 356 Å². The number of allylic oxidation sites excluding steroid dienone is 18. The van der Waals surface area contributed by atoms with Crippen molar-refractivity contribution >= 4 is 11.9 Å².